The van der Waals surface area contributed by atoms with Gasteiger partial charge >= 0.3 is 0 Å². The van der Waals surface area contributed by atoms with Gasteiger partial charge in [0, 0.05) is 18.2 Å². The highest BCUT2D eigenvalue weighted by Crippen LogP contribution is 2.40. The van der Waals surface area contributed by atoms with E-state index in [2.05, 4.69) is 0 Å². The number of hydrogen-bond donors (Lipinski definition) is 2. The predicted octanol–water partition coefficient (Wildman–Crippen LogP) is 5.00. The number of sulfone groups is 1. The van der Waals surface area contributed by atoms with Gasteiger partial charge < -0.3 is 10.2 Å². The van der Waals surface area contributed by atoms with Crippen LogP contribution >= 0.6 is 0 Å². The minimum absolute atomic E-state index is 0.0816. The van der Waals surface area contributed by atoms with E-state index in [1.807, 2.05) is 60.6 Å². The van der Waals surface area contributed by atoms with Gasteiger partial charge in [0.2, 0.25) is 0 Å². The zero-order chi connectivity index (χ0) is 21.7. The molecule has 0 aliphatic rings. The predicted molar refractivity (Wildman–Crippen MR) is 114 cm³/mol. The van der Waals surface area contributed by atoms with Crippen molar-refractivity contribution in [1.29, 1.82) is 0 Å². The first-order chi connectivity index (χ1) is 12.5. The number of phenols is 2. The lowest BCUT2D eigenvalue weighted by molar-refractivity contribution is 0.434. The summed E-state index contributed by atoms with van der Waals surface area (Å²) >= 11 is 0. The molecule has 0 aliphatic carbocycles. The molecule has 0 fully saturated rings. The molecule has 0 amide bonds. The number of benzene rings is 2. The van der Waals surface area contributed by atoms with Gasteiger partial charge in [-0.1, -0.05) is 59.2 Å². The van der Waals surface area contributed by atoms with Crippen LogP contribution in [0.2, 0.25) is 0 Å². The van der Waals surface area contributed by atoms with Crippen LogP contribution in [-0.2, 0) is 27.1 Å². The maximum Gasteiger partial charge on any atom is 0.175 e. The SMILES string of the molecule is Cc1cc(Cc2cc(S(C)(=O)=O)cc(C(C)(C)C)c2O)c(O)c(C(C)(C)C)c1. The van der Waals surface area contributed by atoms with Crippen molar-refractivity contribution in [2.75, 3.05) is 6.26 Å². The number of hydrogen-bond acceptors (Lipinski definition) is 4. The smallest absolute Gasteiger partial charge is 0.175 e. The van der Waals surface area contributed by atoms with E-state index in [1.165, 1.54) is 6.07 Å². The molecule has 0 unspecified atom stereocenters. The van der Waals surface area contributed by atoms with Crippen LogP contribution in [0.4, 0.5) is 0 Å². The highest BCUT2D eigenvalue weighted by Gasteiger charge is 2.26. The molecule has 2 rings (SSSR count). The standard InChI is InChI=1S/C23H32O4S/c1-14-9-15(20(24)18(10-14)22(2,3)4)11-16-12-17(28(8,26)27)13-19(21(16)25)23(5,6)7/h9-10,12-13,24-25H,11H2,1-8H3. The normalized spacial score (nSPS) is 13.0. The molecule has 154 valence electrons. The Kier molecular flexibility index (Phi) is 5.65. The first-order valence-corrected chi connectivity index (χ1v) is 11.3. The van der Waals surface area contributed by atoms with Crippen LogP contribution in [0.5, 0.6) is 11.5 Å². The number of aryl methyl sites for hydroxylation is 1. The maximum atomic E-state index is 12.2. The minimum atomic E-state index is -3.44. The van der Waals surface area contributed by atoms with Crippen LogP contribution in [-0.4, -0.2) is 24.9 Å². The van der Waals surface area contributed by atoms with Crippen LogP contribution < -0.4 is 0 Å². The van der Waals surface area contributed by atoms with Gasteiger partial charge in [-0.2, -0.15) is 0 Å². The van der Waals surface area contributed by atoms with Gasteiger partial charge in [0.15, 0.2) is 9.84 Å². The van der Waals surface area contributed by atoms with Gasteiger partial charge in [0.05, 0.1) is 4.90 Å². The van der Waals surface area contributed by atoms with E-state index in [0.717, 1.165) is 17.4 Å². The fourth-order valence-corrected chi connectivity index (χ4v) is 4.04. The first kappa shape index (κ1) is 22.3. The van der Waals surface area contributed by atoms with Crippen molar-refractivity contribution >= 4 is 9.84 Å². The Hall–Kier alpha value is -2.01. The van der Waals surface area contributed by atoms with Crippen molar-refractivity contribution in [3.63, 3.8) is 0 Å². The van der Waals surface area contributed by atoms with Gasteiger partial charge in [-0.3, -0.25) is 0 Å². The molecule has 0 saturated carbocycles. The van der Waals surface area contributed by atoms with E-state index in [4.69, 9.17) is 0 Å². The summed E-state index contributed by atoms with van der Waals surface area (Å²) in [4.78, 5) is 0.174. The van der Waals surface area contributed by atoms with Gasteiger partial charge in [-0.05, 0) is 46.6 Å². The third kappa shape index (κ3) is 4.69. The highest BCUT2D eigenvalue weighted by molar-refractivity contribution is 7.90. The van der Waals surface area contributed by atoms with Crippen molar-refractivity contribution in [2.45, 2.75) is 70.6 Å². The summed E-state index contributed by atoms with van der Waals surface area (Å²) in [5.41, 5.74) is 2.92. The molecule has 28 heavy (non-hydrogen) atoms. The van der Waals surface area contributed by atoms with Gasteiger partial charge in [-0.25, -0.2) is 8.42 Å². The number of rotatable bonds is 3. The quantitative estimate of drug-likeness (QED) is 0.755. The second kappa shape index (κ2) is 7.11. The molecule has 0 atom stereocenters. The van der Waals surface area contributed by atoms with E-state index in [1.54, 1.807) is 6.07 Å². The van der Waals surface area contributed by atoms with Crippen molar-refractivity contribution in [2.24, 2.45) is 0 Å². The summed E-state index contributed by atoms with van der Waals surface area (Å²) < 4.78 is 24.4. The summed E-state index contributed by atoms with van der Waals surface area (Å²) in [6.45, 7) is 13.9. The summed E-state index contributed by atoms with van der Waals surface area (Å²) in [5.74, 6) is 0.276. The van der Waals surface area contributed by atoms with Crippen molar-refractivity contribution in [3.8, 4) is 11.5 Å². The van der Waals surface area contributed by atoms with E-state index < -0.39 is 15.3 Å². The second-order valence-electron chi connectivity index (χ2n) is 9.75. The van der Waals surface area contributed by atoms with Crippen molar-refractivity contribution < 1.29 is 18.6 Å². The molecule has 2 N–H and O–H groups in total. The third-order valence-corrected chi connectivity index (χ3v) is 6.01. The third-order valence-electron chi connectivity index (χ3n) is 4.92. The zero-order valence-electron chi connectivity index (χ0n) is 18.1. The molecule has 0 saturated heterocycles. The number of phenolic OH excluding ortho intramolecular Hbond substituents is 2. The molecular formula is C23H32O4S. The van der Waals surface area contributed by atoms with Crippen LogP contribution in [0.25, 0.3) is 0 Å². The minimum Gasteiger partial charge on any atom is -0.507 e. The van der Waals surface area contributed by atoms with Crippen molar-refractivity contribution in [1.82, 2.24) is 0 Å². The fourth-order valence-electron chi connectivity index (χ4n) is 3.35. The molecule has 2 aromatic rings. The highest BCUT2D eigenvalue weighted by atomic mass is 32.2. The maximum absolute atomic E-state index is 12.2. The Balaban J connectivity index is 2.72. The summed E-state index contributed by atoms with van der Waals surface area (Å²) in [5, 5.41) is 21.7. The second-order valence-corrected chi connectivity index (χ2v) is 11.8. The Morgan fingerprint density at radius 2 is 1.21 bits per heavy atom. The van der Waals surface area contributed by atoms with Gasteiger partial charge in [-0.15, -0.1) is 0 Å². The molecule has 0 spiro atoms. The average Bonchev–Trinajstić information content (AvgIpc) is 2.49. The summed E-state index contributed by atoms with van der Waals surface area (Å²) in [6, 6.07) is 6.91. The molecule has 2 aromatic carbocycles. The summed E-state index contributed by atoms with van der Waals surface area (Å²) in [6.07, 6.45) is 1.41. The number of aromatic hydroxyl groups is 2. The van der Waals surface area contributed by atoms with Gasteiger partial charge in [0.1, 0.15) is 11.5 Å². The Labute approximate surface area is 169 Å². The Bertz CT molecular complexity index is 1000. The van der Waals surface area contributed by atoms with Crippen molar-refractivity contribution in [3.05, 3.63) is 52.1 Å². The van der Waals surface area contributed by atoms with E-state index in [9.17, 15) is 18.6 Å². The Morgan fingerprint density at radius 3 is 1.64 bits per heavy atom. The summed E-state index contributed by atoms with van der Waals surface area (Å²) in [7, 11) is -3.44. The van der Waals surface area contributed by atoms with E-state index in [-0.39, 0.29) is 28.2 Å². The molecule has 0 aliphatic heterocycles. The van der Waals surface area contributed by atoms with E-state index >= 15 is 0 Å². The lowest BCUT2D eigenvalue weighted by Gasteiger charge is -2.25. The average molecular weight is 405 g/mol. The molecule has 0 heterocycles. The zero-order valence-corrected chi connectivity index (χ0v) is 19.0. The molecule has 0 bridgehead atoms. The lowest BCUT2D eigenvalue weighted by atomic mass is 9.82. The molecule has 4 nitrogen and oxygen atoms in total. The Morgan fingerprint density at radius 1 is 0.786 bits per heavy atom. The molecule has 5 heteroatoms. The molecule has 0 radical (unpaired) electrons. The largest absolute Gasteiger partial charge is 0.507 e. The molecular weight excluding hydrogens is 372 g/mol. The molecule has 0 aromatic heterocycles. The van der Waals surface area contributed by atoms with Crippen LogP contribution in [0.15, 0.2) is 29.2 Å². The van der Waals surface area contributed by atoms with Crippen LogP contribution in [0, 0.1) is 6.92 Å². The van der Waals surface area contributed by atoms with Gasteiger partial charge in [0.25, 0.3) is 0 Å². The lowest BCUT2D eigenvalue weighted by Crippen LogP contribution is -2.14. The van der Waals surface area contributed by atoms with Crippen LogP contribution in [0.1, 0.15) is 69.4 Å². The van der Waals surface area contributed by atoms with E-state index in [0.29, 0.717) is 16.7 Å². The first-order valence-electron chi connectivity index (χ1n) is 9.41. The monoisotopic (exact) mass is 404 g/mol. The fraction of sp³-hybridized carbons (Fsp3) is 0.478. The van der Waals surface area contributed by atoms with Crippen LogP contribution in [0.3, 0.4) is 0 Å². The topological polar surface area (TPSA) is 74.6 Å².